The molecule has 3 aliphatic rings. The number of benzene rings is 1. The Balaban J connectivity index is 1.40. The molecule has 0 radical (unpaired) electrons. The van der Waals surface area contributed by atoms with Gasteiger partial charge < -0.3 is 100 Å². The van der Waals surface area contributed by atoms with Crippen molar-refractivity contribution < 1.29 is 104 Å². The van der Waals surface area contributed by atoms with E-state index in [-0.39, 0.29) is 17.9 Å². The zero-order valence-electron chi connectivity index (χ0n) is 51.7. The molecule has 0 aliphatic carbocycles. The van der Waals surface area contributed by atoms with Gasteiger partial charge in [-0.3, -0.25) is 9.59 Å². The van der Waals surface area contributed by atoms with Crippen LogP contribution in [-0.2, 0) is 38.0 Å². The summed E-state index contributed by atoms with van der Waals surface area (Å²) in [6.45, 7) is 1.01. The number of carbonyl (C=O) groups is 3. The number of aliphatic hydroxyl groups is 11. The van der Waals surface area contributed by atoms with E-state index in [1.165, 1.54) is 128 Å². The number of nitrogens with one attached hydrogen (secondary N) is 2. The minimum absolute atomic E-state index is 0.0896. The van der Waals surface area contributed by atoms with E-state index in [0.29, 0.717) is 12.8 Å². The van der Waals surface area contributed by atoms with Gasteiger partial charge in [-0.1, -0.05) is 198 Å². The maximum absolute atomic E-state index is 13.4. The molecule has 14 N–H and O–H groups in total. The average Bonchev–Trinajstić information content (AvgIpc) is 1.09. The van der Waals surface area contributed by atoms with Crippen molar-refractivity contribution in [3.8, 4) is 0 Å². The summed E-state index contributed by atoms with van der Waals surface area (Å²) in [5.41, 5.74) is 0.0896. The molecule has 1 aromatic rings. The predicted molar refractivity (Wildman–Crippen MR) is 322 cm³/mol. The molecule has 3 aliphatic heterocycles. The summed E-state index contributed by atoms with van der Waals surface area (Å²) >= 11 is 0. The van der Waals surface area contributed by atoms with Crippen molar-refractivity contribution in [3.63, 3.8) is 0 Å². The van der Waals surface area contributed by atoms with Crippen LogP contribution in [0.4, 0.5) is 0 Å². The lowest BCUT2D eigenvalue weighted by Crippen LogP contribution is -2.71. The lowest BCUT2D eigenvalue weighted by Gasteiger charge is -2.50. The van der Waals surface area contributed by atoms with Gasteiger partial charge in [-0.15, -0.1) is 0 Å². The van der Waals surface area contributed by atoms with Crippen molar-refractivity contribution in [2.24, 2.45) is 0 Å². The van der Waals surface area contributed by atoms with E-state index in [9.17, 15) is 75.7 Å². The highest BCUT2D eigenvalue weighted by atomic mass is 16.8. The Labute approximate surface area is 515 Å². The third-order valence-electron chi connectivity index (χ3n) is 16.9. The minimum atomic E-state index is -3.12. The van der Waals surface area contributed by atoms with Gasteiger partial charge in [-0.2, -0.15) is 0 Å². The lowest BCUT2D eigenvalue weighted by atomic mass is 9.88. The monoisotopic (exact) mass is 1240 g/mol. The Morgan fingerprint density at radius 3 is 1.68 bits per heavy atom. The smallest absolute Gasteiger partial charge is 0.364 e. The maximum atomic E-state index is 13.4. The summed E-state index contributed by atoms with van der Waals surface area (Å²) in [6.07, 6.45) is 5.14. The summed E-state index contributed by atoms with van der Waals surface area (Å²) in [5.74, 6) is -6.24. The van der Waals surface area contributed by atoms with Gasteiger partial charge in [0.05, 0.1) is 50.7 Å². The van der Waals surface area contributed by atoms with Crippen LogP contribution >= 0.6 is 0 Å². The molecule has 0 saturated carbocycles. The fourth-order valence-electron chi connectivity index (χ4n) is 11.5. The molecule has 4 rings (SSSR count). The van der Waals surface area contributed by atoms with Crippen LogP contribution in [0.25, 0.3) is 0 Å². The van der Waals surface area contributed by atoms with E-state index in [4.69, 9.17) is 28.4 Å². The maximum Gasteiger partial charge on any atom is 0.364 e. The number of hydrogen-bond donors (Lipinski definition) is 14. The van der Waals surface area contributed by atoms with Crippen molar-refractivity contribution in [1.29, 1.82) is 0 Å². The highest BCUT2D eigenvalue weighted by Gasteiger charge is 2.60. The van der Waals surface area contributed by atoms with Crippen molar-refractivity contribution in [1.82, 2.24) is 10.6 Å². The molecule has 23 heteroatoms. The van der Waals surface area contributed by atoms with Gasteiger partial charge in [-0.25, -0.2) is 4.79 Å². The Kier molecular flexibility index (Phi) is 37.4. The first-order chi connectivity index (χ1) is 42.0. The molecule has 2 amide bonds. The van der Waals surface area contributed by atoms with Gasteiger partial charge in [0.15, 0.2) is 12.6 Å². The predicted octanol–water partition coefficient (Wildman–Crippen LogP) is 4.46. The van der Waals surface area contributed by atoms with E-state index in [1.54, 1.807) is 24.3 Å². The molecule has 3 heterocycles. The molecule has 1 aromatic carbocycles. The SMILES string of the molecule is CCCCCCCCCCCCC/C=C/[C@@H](O)[C@H](CO[C@@H]1O[C@H](CO)[C@@H](O[C@@H]2O[C@H](CO)[C@H](O)[C@H](O[C@]3(C(=O)O)C[C@H](O)[C@@H](NC(=O)c4ccccc4)[C@H]([C@H](O)[C@H](O)CO)O3)[C@H]2O)[C@H](O)[C@H]1O)NC(=O)CCCCCCCCCCCCCCCCC. The van der Waals surface area contributed by atoms with E-state index < -0.39 is 155 Å². The van der Waals surface area contributed by atoms with Crippen molar-refractivity contribution in [2.45, 2.75) is 310 Å². The van der Waals surface area contributed by atoms with E-state index in [2.05, 4.69) is 24.5 Å². The number of rotatable bonds is 46. The number of carboxylic acids is 1. The highest BCUT2D eigenvalue weighted by molar-refractivity contribution is 5.94. The standard InChI is InChI=1S/C64H110N2O21/c1-3-5-7-9-11-13-15-17-18-20-22-24-26-28-33-37-50(73)65-44(45(70)36-32-27-25-23-21-19-16-14-12-10-8-6-4-2)42-82-61-55(77)54(76)57(49(41-69)84-61)85-62-56(78)59(53(75)48(40-68)83-62)87-64(63(80)81)38-46(71)51(58(86-64)52(74)47(72)39-67)66-60(79)43-34-30-29-31-35-43/h29-32,34-36,44-49,51-59,61-62,67-72,74-78H,3-28,33,37-42H2,1-2H3,(H,65,73)(H,66,79)(H,80,81)/b36-32+/t44-,45+,46-,47+,48+,49+,51+,52+,53-,54+,55+,56+,57+,58+,59-,61+,62-,64-/m0/s1. The fourth-order valence-corrected chi connectivity index (χ4v) is 11.5. The second-order valence-corrected chi connectivity index (χ2v) is 24.1. The van der Waals surface area contributed by atoms with Crippen molar-refractivity contribution >= 4 is 17.8 Å². The molecule has 3 saturated heterocycles. The molecule has 3 fully saturated rings. The molecular formula is C64H110N2O21. The van der Waals surface area contributed by atoms with Gasteiger partial charge in [0.1, 0.15) is 67.1 Å². The van der Waals surface area contributed by atoms with Crippen LogP contribution in [0, 0.1) is 0 Å². The number of ether oxygens (including phenoxy) is 6. The number of hydrogen-bond acceptors (Lipinski definition) is 20. The second-order valence-electron chi connectivity index (χ2n) is 24.1. The number of aliphatic carboxylic acids is 1. The normalized spacial score (nSPS) is 29.1. The van der Waals surface area contributed by atoms with Gasteiger partial charge in [-0.05, 0) is 31.4 Å². The van der Waals surface area contributed by atoms with Gasteiger partial charge in [0.25, 0.3) is 11.7 Å². The number of carbonyl (C=O) groups excluding carboxylic acids is 2. The summed E-state index contributed by atoms with van der Waals surface area (Å²) in [6, 6.07) is 4.87. The fraction of sp³-hybridized carbons (Fsp3) is 0.828. The van der Waals surface area contributed by atoms with E-state index in [1.807, 2.05) is 6.08 Å². The van der Waals surface area contributed by atoms with E-state index >= 15 is 0 Å². The van der Waals surface area contributed by atoms with Crippen LogP contribution < -0.4 is 10.6 Å². The first-order valence-corrected chi connectivity index (χ1v) is 32.7. The molecule has 0 bridgehead atoms. The Hall–Kier alpha value is -3.31. The number of amides is 2. The summed E-state index contributed by atoms with van der Waals surface area (Å²) in [4.78, 5) is 39.8. The number of allylic oxidation sites excluding steroid dienone is 1. The minimum Gasteiger partial charge on any atom is -0.477 e. The van der Waals surface area contributed by atoms with Gasteiger partial charge in [0, 0.05) is 18.4 Å². The van der Waals surface area contributed by atoms with Crippen LogP contribution in [-0.4, -0.2) is 215 Å². The molecule has 502 valence electrons. The van der Waals surface area contributed by atoms with E-state index in [0.717, 1.165) is 44.9 Å². The van der Waals surface area contributed by atoms with Crippen molar-refractivity contribution in [3.05, 3.63) is 48.0 Å². The van der Waals surface area contributed by atoms with Gasteiger partial charge in [0.2, 0.25) is 5.91 Å². The molecular weight excluding hydrogens is 1130 g/mol. The number of aliphatic hydroxyl groups excluding tert-OH is 11. The Bertz CT molecular complexity index is 2030. The third-order valence-corrected chi connectivity index (χ3v) is 16.9. The topological polar surface area (TPSA) is 373 Å². The number of unbranched alkanes of at least 4 members (excludes halogenated alkanes) is 25. The largest absolute Gasteiger partial charge is 0.477 e. The Morgan fingerprint density at radius 2 is 1.16 bits per heavy atom. The summed E-state index contributed by atoms with van der Waals surface area (Å²) in [5, 5.41) is 137. The molecule has 0 unspecified atom stereocenters. The Morgan fingerprint density at radius 1 is 0.644 bits per heavy atom. The second kappa shape index (κ2) is 42.7. The highest BCUT2D eigenvalue weighted by Crippen LogP contribution is 2.39. The zero-order chi connectivity index (χ0) is 63.6. The van der Waals surface area contributed by atoms with Crippen molar-refractivity contribution in [2.75, 3.05) is 26.4 Å². The summed E-state index contributed by atoms with van der Waals surface area (Å²) in [7, 11) is 0. The average molecular weight is 1240 g/mol. The molecule has 18 atom stereocenters. The zero-order valence-corrected chi connectivity index (χ0v) is 51.7. The van der Waals surface area contributed by atoms with Crippen LogP contribution in [0.2, 0.25) is 0 Å². The van der Waals surface area contributed by atoms with Crippen LogP contribution in [0.5, 0.6) is 0 Å². The van der Waals surface area contributed by atoms with Crippen LogP contribution in [0.3, 0.4) is 0 Å². The molecule has 0 spiro atoms. The van der Waals surface area contributed by atoms with Crippen LogP contribution in [0.15, 0.2) is 42.5 Å². The van der Waals surface area contributed by atoms with Crippen LogP contribution in [0.1, 0.15) is 210 Å². The first kappa shape index (κ1) is 76.1. The lowest BCUT2D eigenvalue weighted by molar-refractivity contribution is -0.386. The summed E-state index contributed by atoms with van der Waals surface area (Å²) < 4.78 is 35.0. The van der Waals surface area contributed by atoms with Gasteiger partial charge >= 0.3 is 5.97 Å². The molecule has 0 aromatic heterocycles. The molecule has 23 nitrogen and oxygen atoms in total. The third kappa shape index (κ3) is 25.7. The quantitative estimate of drug-likeness (QED) is 0.0316. The number of carboxylic acid groups (broad SMARTS) is 1. The first-order valence-electron chi connectivity index (χ1n) is 32.7. The molecule has 87 heavy (non-hydrogen) atoms.